The predicted octanol–water partition coefficient (Wildman–Crippen LogP) is 1.67. The van der Waals surface area contributed by atoms with Gasteiger partial charge in [0.15, 0.2) is 0 Å². The van der Waals surface area contributed by atoms with Crippen LogP contribution < -0.4 is 0 Å². The Kier molecular flexibility index (Phi) is 3.13. The fraction of sp³-hybridized carbons (Fsp3) is 0. The molecule has 82 valence electrons. The molecule has 0 aliphatic rings. The molecule has 0 aliphatic heterocycles. The van der Waals surface area contributed by atoms with Gasteiger partial charge in [-0.05, 0) is 12.1 Å². The Balaban J connectivity index is 3.63. The molecular formula is C7H4Cl2O5S. The summed E-state index contributed by atoms with van der Waals surface area (Å²) in [6.07, 6.45) is 0. The molecule has 0 saturated heterocycles. The third-order valence-corrected chi connectivity index (χ3v) is 3.09. The maximum absolute atomic E-state index is 10.9. The van der Waals surface area contributed by atoms with Crippen molar-refractivity contribution in [2.45, 2.75) is 4.90 Å². The fourth-order valence-electron chi connectivity index (χ4n) is 0.923. The van der Waals surface area contributed by atoms with Crippen molar-refractivity contribution in [1.29, 1.82) is 0 Å². The van der Waals surface area contributed by atoms with Gasteiger partial charge in [0, 0.05) is 15.7 Å². The second-order valence-electron chi connectivity index (χ2n) is 2.54. The van der Waals surface area contributed by atoms with E-state index in [-0.39, 0.29) is 5.02 Å². The normalized spacial score (nSPS) is 11.3. The molecule has 0 spiro atoms. The molecule has 0 heterocycles. The van der Waals surface area contributed by atoms with Crippen molar-refractivity contribution < 1.29 is 23.4 Å². The first-order valence-corrected chi connectivity index (χ1v) is 6.12. The van der Waals surface area contributed by atoms with Crippen LogP contribution in [-0.2, 0) is 9.05 Å². The largest absolute Gasteiger partial charge is 0.506 e. The topological polar surface area (TPSA) is 91.7 Å². The van der Waals surface area contributed by atoms with Crippen LogP contribution in [0.15, 0.2) is 17.0 Å². The molecule has 0 aliphatic carbocycles. The van der Waals surface area contributed by atoms with Crippen LogP contribution in [0.1, 0.15) is 10.4 Å². The lowest BCUT2D eigenvalue weighted by Crippen LogP contribution is -2.01. The van der Waals surface area contributed by atoms with Crippen molar-refractivity contribution in [3.05, 3.63) is 22.7 Å². The molecule has 2 N–H and O–H groups in total. The van der Waals surface area contributed by atoms with Crippen LogP contribution in [0.2, 0.25) is 5.02 Å². The van der Waals surface area contributed by atoms with Crippen LogP contribution in [0, 0.1) is 0 Å². The number of carbonyl (C=O) groups is 1. The third-order valence-electron chi connectivity index (χ3n) is 1.53. The zero-order chi connectivity index (χ0) is 11.8. The maximum Gasteiger partial charge on any atom is 0.339 e. The lowest BCUT2D eigenvalue weighted by molar-refractivity contribution is 0.0693. The van der Waals surface area contributed by atoms with Crippen LogP contribution in [0.3, 0.4) is 0 Å². The summed E-state index contributed by atoms with van der Waals surface area (Å²) in [5.74, 6) is -2.43. The zero-order valence-corrected chi connectivity index (χ0v) is 9.27. The molecule has 0 fully saturated rings. The summed E-state index contributed by atoms with van der Waals surface area (Å²) < 4.78 is 21.9. The Morgan fingerprint density at radius 2 is 1.87 bits per heavy atom. The van der Waals surface area contributed by atoms with E-state index in [9.17, 15) is 18.3 Å². The third kappa shape index (κ3) is 2.53. The fourth-order valence-corrected chi connectivity index (χ4v) is 2.17. The number of hydrogen-bond acceptors (Lipinski definition) is 4. The van der Waals surface area contributed by atoms with Crippen molar-refractivity contribution in [1.82, 2.24) is 0 Å². The van der Waals surface area contributed by atoms with Gasteiger partial charge in [0.05, 0.1) is 0 Å². The van der Waals surface area contributed by atoms with Crippen molar-refractivity contribution in [2.24, 2.45) is 0 Å². The molecule has 1 aromatic carbocycles. The summed E-state index contributed by atoms with van der Waals surface area (Å²) in [5, 5.41) is 17.8. The van der Waals surface area contributed by atoms with E-state index < -0.39 is 31.2 Å². The van der Waals surface area contributed by atoms with Gasteiger partial charge in [0.2, 0.25) is 0 Å². The van der Waals surface area contributed by atoms with Gasteiger partial charge >= 0.3 is 5.97 Å². The molecule has 0 amide bonds. The predicted molar refractivity (Wildman–Crippen MR) is 53.1 cm³/mol. The number of phenols is 1. The van der Waals surface area contributed by atoms with Crippen LogP contribution >= 0.6 is 22.3 Å². The molecule has 8 heteroatoms. The molecule has 1 rings (SSSR count). The van der Waals surface area contributed by atoms with Gasteiger partial charge in [0.25, 0.3) is 9.05 Å². The summed E-state index contributed by atoms with van der Waals surface area (Å²) in [7, 11) is 0.736. The Hall–Kier alpha value is -0.980. The number of halogens is 2. The molecule has 1 aromatic rings. The molecule has 5 nitrogen and oxygen atoms in total. The number of aromatic carboxylic acids is 1. The minimum absolute atomic E-state index is 0.149. The first-order chi connectivity index (χ1) is 6.73. The van der Waals surface area contributed by atoms with Gasteiger partial charge in [-0.2, -0.15) is 0 Å². The van der Waals surface area contributed by atoms with E-state index in [2.05, 4.69) is 0 Å². The number of hydrogen-bond donors (Lipinski definition) is 2. The summed E-state index contributed by atoms with van der Waals surface area (Å²) in [6.45, 7) is 0. The van der Waals surface area contributed by atoms with E-state index in [1.165, 1.54) is 0 Å². The molecule has 0 radical (unpaired) electrons. The standard InChI is InChI=1S/C7H4Cl2O5S/c8-3-1-4(7(11)12)6(10)5(2-3)15(9,13)14/h1-2,10H,(H,11,12). The lowest BCUT2D eigenvalue weighted by Gasteiger charge is -2.04. The summed E-state index contributed by atoms with van der Waals surface area (Å²) in [6, 6.07) is 1.79. The maximum atomic E-state index is 10.9. The molecule has 0 bridgehead atoms. The number of carboxylic acid groups (broad SMARTS) is 1. The van der Waals surface area contributed by atoms with Crippen LogP contribution in [0.5, 0.6) is 5.75 Å². The Labute approximate surface area is 94.3 Å². The quantitative estimate of drug-likeness (QED) is 0.798. The van der Waals surface area contributed by atoms with E-state index in [0.29, 0.717) is 0 Å². The molecular weight excluding hydrogens is 267 g/mol. The van der Waals surface area contributed by atoms with Gasteiger partial charge in [0.1, 0.15) is 16.2 Å². The summed E-state index contributed by atoms with van der Waals surface area (Å²) in [4.78, 5) is 9.87. The van der Waals surface area contributed by atoms with Crippen molar-refractivity contribution in [3.8, 4) is 5.75 Å². The van der Waals surface area contributed by atoms with Gasteiger partial charge in [-0.3, -0.25) is 0 Å². The van der Waals surface area contributed by atoms with E-state index in [1.807, 2.05) is 0 Å². The van der Waals surface area contributed by atoms with Crippen LogP contribution in [0.25, 0.3) is 0 Å². The highest BCUT2D eigenvalue weighted by Gasteiger charge is 2.22. The number of aromatic hydroxyl groups is 1. The Bertz CT molecular complexity index is 522. The van der Waals surface area contributed by atoms with Gasteiger partial charge in [-0.15, -0.1) is 0 Å². The highest BCUT2D eigenvalue weighted by atomic mass is 35.7. The molecule has 0 atom stereocenters. The smallest absolute Gasteiger partial charge is 0.339 e. The number of benzene rings is 1. The van der Waals surface area contributed by atoms with Crippen molar-refractivity contribution in [3.63, 3.8) is 0 Å². The van der Waals surface area contributed by atoms with E-state index in [1.54, 1.807) is 0 Å². The van der Waals surface area contributed by atoms with Crippen molar-refractivity contribution in [2.75, 3.05) is 0 Å². The second kappa shape index (κ2) is 3.88. The summed E-state index contributed by atoms with van der Waals surface area (Å²) in [5.41, 5.74) is -0.623. The van der Waals surface area contributed by atoms with Gasteiger partial charge in [-0.25, -0.2) is 13.2 Å². The Morgan fingerprint density at radius 1 is 1.33 bits per heavy atom. The number of carboxylic acids is 1. The highest BCUT2D eigenvalue weighted by Crippen LogP contribution is 2.32. The first-order valence-electron chi connectivity index (χ1n) is 3.44. The SMILES string of the molecule is O=C(O)c1cc(Cl)cc(S(=O)(=O)Cl)c1O. The summed E-state index contributed by atoms with van der Waals surface area (Å²) >= 11 is 5.47. The molecule has 15 heavy (non-hydrogen) atoms. The second-order valence-corrected chi connectivity index (χ2v) is 5.51. The number of rotatable bonds is 2. The average molecular weight is 271 g/mol. The molecule has 0 aromatic heterocycles. The van der Waals surface area contributed by atoms with Crippen LogP contribution in [-0.4, -0.2) is 24.6 Å². The van der Waals surface area contributed by atoms with E-state index >= 15 is 0 Å². The van der Waals surface area contributed by atoms with E-state index in [0.717, 1.165) is 12.1 Å². The lowest BCUT2D eigenvalue weighted by atomic mass is 10.2. The first kappa shape index (κ1) is 12.1. The highest BCUT2D eigenvalue weighted by molar-refractivity contribution is 8.13. The van der Waals surface area contributed by atoms with Crippen LogP contribution in [0.4, 0.5) is 0 Å². The Morgan fingerprint density at radius 3 is 2.27 bits per heavy atom. The average Bonchev–Trinajstić information content (AvgIpc) is 2.06. The van der Waals surface area contributed by atoms with Gasteiger partial charge < -0.3 is 10.2 Å². The monoisotopic (exact) mass is 270 g/mol. The van der Waals surface area contributed by atoms with Crippen molar-refractivity contribution >= 4 is 37.3 Å². The zero-order valence-electron chi connectivity index (χ0n) is 6.94. The minimum Gasteiger partial charge on any atom is -0.506 e. The molecule has 0 unspecified atom stereocenters. The molecule has 0 saturated carbocycles. The van der Waals surface area contributed by atoms with Gasteiger partial charge in [-0.1, -0.05) is 11.6 Å². The minimum atomic E-state index is -4.24. The van der Waals surface area contributed by atoms with E-state index in [4.69, 9.17) is 27.4 Å².